The van der Waals surface area contributed by atoms with Crippen LogP contribution in [0.5, 0.6) is 11.5 Å². The normalized spacial score (nSPS) is 14.2. The summed E-state index contributed by atoms with van der Waals surface area (Å²) in [4.78, 5) is 39.7. The van der Waals surface area contributed by atoms with Gasteiger partial charge in [0.25, 0.3) is 11.5 Å². The molecule has 228 valence electrons. The first-order chi connectivity index (χ1) is 20.6. The number of piperazine rings is 1. The number of carbonyl (C=O) groups excluding carboxylic acids is 1. The van der Waals surface area contributed by atoms with E-state index < -0.39 is 0 Å². The summed E-state index contributed by atoms with van der Waals surface area (Å²) in [5.41, 5.74) is 0.930. The summed E-state index contributed by atoms with van der Waals surface area (Å²) in [6.07, 6.45) is 3.99. The number of aromatic nitrogens is 3. The molecule has 1 N–H and O–H groups in total. The Balaban J connectivity index is 1.60. The smallest absolute Gasteiger partial charge is 0.264 e. The molecule has 3 heterocycles. The number of pyridine rings is 1. The predicted octanol–water partition coefficient (Wildman–Crippen LogP) is 4.46. The number of rotatable bonds is 10. The van der Waals surface area contributed by atoms with E-state index in [9.17, 15) is 14.9 Å². The highest BCUT2D eigenvalue weighted by Crippen LogP contribution is 2.45. The van der Waals surface area contributed by atoms with E-state index in [1.165, 1.54) is 14.2 Å². The number of benzene rings is 1. The van der Waals surface area contributed by atoms with Crippen LogP contribution in [0.1, 0.15) is 20.3 Å². The first kappa shape index (κ1) is 32.1. The molecule has 0 spiro atoms. The van der Waals surface area contributed by atoms with E-state index in [0.29, 0.717) is 79.7 Å². The Kier molecular flexibility index (Phi) is 10.5. The second-order valence-corrected chi connectivity index (χ2v) is 11.2. The Morgan fingerprint density at radius 1 is 1.12 bits per heavy atom. The summed E-state index contributed by atoms with van der Waals surface area (Å²) in [6.45, 7) is 7.35. The first-order valence-electron chi connectivity index (χ1n) is 14.0. The number of amides is 1. The average molecular weight is 629 g/mol. The van der Waals surface area contributed by atoms with Crippen molar-refractivity contribution in [3.63, 3.8) is 0 Å². The number of allylic oxidation sites excluding steroid dienone is 1. The fraction of sp³-hybridized carbons (Fsp3) is 0.433. The fourth-order valence-corrected chi connectivity index (χ4v) is 5.78. The van der Waals surface area contributed by atoms with Crippen molar-refractivity contribution in [2.75, 3.05) is 59.3 Å². The van der Waals surface area contributed by atoms with E-state index in [0.717, 1.165) is 0 Å². The highest BCUT2D eigenvalue weighted by molar-refractivity contribution is 6.41. The predicted molar refractivity (Wildman–Crippen MR) is 168 cm³/mol. The van der Waals surface area contributed by atoms with Crippen molar-refractivity contribution in [3.8, 4) is 28.7 Å². The molecule has 0 aliphatic carbocycles. The van der Waals surface area contributed by atoms with Crippen molar-refractivity contribution < 1.29 is 14.3 Å². The van der Waals surface area contributed by atoms with E-state index in [-0.39, 0.29) is 38.6 Å². The van der Waals surface area contributed by atoms with Gasteiger partial charge in [-0.15, -0.1) is 0 Å². The van der Waals surface area contributed by atoms with Crippen LogP contribution in [0.15, 0.2) is 34.8 Å². The van der Waals surface area contributed by atoms with Crippen LogP contribution in [-0.2, 0) is 11.3 Å². The zero-order valence-electron chi connectivity index (χ0n) is 24.9. The third-order valence-electron chi connectivity index (χ3n) is 7.26. The number of halogens is 2. The molecule has 1 fully saturated rings. The lowest BCUT2D eigenvalue weighted by Crippen LogP contribution is -2.49. The second-order valence-electron chi connectivity index (χ2n) is 10.4. The number of nitrogens with one attached hydrogen (secondary N) is 1. The number of nitriles is 1. The molecule has 1 amide bonds. The van der Waals surface area contributed by atoms with Crippen LogP contribution in [0.3, 0.4) is 0 Å². The molecule has 0 bridgehead atoms. The van der Waals surface area contributed by atoms with E-state index in [1.807, 2.05) is 19.9 Å². The topological polar surface area (TPSA) is 126 Å². The first-order valence-corrected chi connectivity index (χ1v) is 14.7. The molecule has 13 heteroatoms. The molecule has 3 aromatic rings. The Morgan fingerprint density at radius 2 is 1.77 bits per heavy atom. The van der Waals surface area contributed by atoms with Crippen LogP contribution >= 0.6 is 23.2 Å². The van der Waals surface area contributed by atoms with Gasteiger partial charge in [-0.3, -0.25) is 19.1 Å². The Bertz CT molecular complexity index is 1610. The van der Waals surface area contributed by atoms with Crippen molar-refractivity contribution in [3.05, 3.63) is 50.4 Å². The molecule has 4 rings (SSSR count). The van der Waals surface area contributed by atoms with Gasteiger partial charge in [0.15, 0.2) is 0 Å². The molecular weight excluding hydrogens is 593 g/mol. The lowest BCUT2D eigenvalue weighted by molar-refractivity contribution is -0.128. The second kappa shape index (κ2) is 14.1. The van der Waals surface area contributed by atoms with Gasteiger partial charge >= 0.3 is 0 Å². The van der Waals surface area contributed by atoms with Gasteiger partial charge in [-0.05, 0) is 24.9 Å². The lowest BCUT2D eigenvalue weighted by atomic mass is 10.0. The zero-order valence-corrected chi connectivity index (χ0v) is 26.4. The molecule has 0 radical (unpaired) electrons. The molecular formula is C30H35Cl2N7O4. The number of anilines is 1. The number of hydrogen-bond acceptors (Lipinski definition) is 9. The van der Waals surface area contributed by atoms with Gasteiger partial charge in [0, 0.05) is 63.0 Å². The number of methoxy groups -OCH3 is 2. The highest BCUT2D eigenvalue weighted by atomic mass is 35.5. The molecule has 1 aliphatic rings. The zero-order chi connectivity index (χ0) is 31.3. The maximum Gasteiger partial charge on any atom is 0.264 e. The summed E-state index contributed by atoms with van der Waals surface area (Å²) in [6, 6.07) is 5.29. The summed E-state index contributed by atoms with van der Waals surface area (Å²) in [7, 11) is 4.66. The number of carbonyl (C=O) groups is 1. The quantitative estimate of drug-likeness (QED) is 0.256. The summed E-state index contributed by atoms with van der Waals surface area (Å²) in [5, 5.41) is 13.4. The summed E-state index contributed by atoms with van der Waals surface area (Å²) < 4.78 is 12.5. The van der Waals surface area contributed by atoms with E-state index in [1.54, 1.807) is 40.9 Å². The maximum absolute atomic E-state index is 14.0. The van der Waals surface area contributed by atoms with Gasteiger partial charge in [0.1, 0.15) is 28.8 Å². The van der Waals surface area contributed by atoms with Crippen LogP contribution in [0.4, 0.5) is 5.95 Å². The van der Waals surface area contributed by atoms with E-state index in [2.05, 4.69) is 20.2 Å². The van der Waals surface area contributed by atoms with Crippen LogP contribution in [0, 0.1) is 17.2 Å². The number of nitrogens with zero attached hydrogens (tertiary/aromatic N) is 6. The SMILES string of the molecule is CNc1ncc2cc(-c3c(Cl)c(OC)cc(OC)c3Cl)c(=O)n(CCCN3CCN(C(=O)C(C#N)=CC(C)C)CC3)c2n1. The lowest BCUT2D eigenvalue weighted by Gasteiger charge is -2.34. The minimum absolute atomic E-state index is 0.116. The molecule has 0 unspecified atom stereocenters. The molecule has 1 saturated heterocycles. The molecule has 11 nitrogen and oxygen atoms in total. The van der Waals surface area contributed by atoms with Crippen LogP contribution in [0.2, 0.25) is 10.0 Å². The summed E-state index contributed by atoms with van der Waals surface area (Å²) >= 11 is 13.4. The van der Waals surface area contributed by atoms with Gasteiger partial charge in [-0.2, -0.15) is 10.2 Å². The number of fused-ring (bicyclic) bond motifs is 1. The minimum Gasteiger partial charge on any atom is -0.495 e. The van der Waals surface area contributed by atoms with Crippen LogP contribution in [-0.4, -0.2) is 84.2 Å². The Hall–Kier alpha value is -3.85. The van der Waals surface area contributed by atoms with E-state index in [4.69, 9.17) is 32.7 Å². The molecule has 0 atom stereocenters. The third-order valence-corrected chi connectivity index (χ3v) is 8.01. The maximum atomic E-state index is 14.0. The standard InChI is InChI=1S/C30H35Cl2N7O4/c1-18(2)13-19(16-33)28(40)38-11-9-37(10-12-38)7-6-8-39-27-20(17-35-30(34-3)36-27)14-21(29(39)41)24-25(31)22(42-4)15-23(43-5)26(24)32/h13-15,17-18H,6-12H2,1-5H3,(H,34,35,36). The van der Waals surface area contributed by atoms with Crippen LogP contribution in [0.25, 0.3) is 22.2 Å². The highest BCUT2D eigenvalue weighted by Gasteiger charge is 2.25. The molecule has 1 aromatic carbocycles. The Morgan fingerprint density at radius 3 is 2.33 bits per heavy atom. The minimum atomic E-state index is -0.316. The van der Waals surface area contributed by atoms with Crippen molar-refractivity contribution in [1.29, 1.82) is 5.26 Å². The molecule has 43 heavy (non-hydrogen) atoms. The van der Waals surface area contributed by atoms with Gasteiger partial charge in [0.05, 0.1) is 29.8 Å². The largest absolute Gasteiger partial charge is 0.495 e. The van der Waals surface area contributed by atoms with Crippen molar-refractivity contribution in [1.82, 2.24) is 24.3 Å². The van der Waals surface area contributed by atoms with Gasteiger partial charge < -0.3 is 19.7 Å². The van der Waals surface area contributed by atoms with Gasteiger partial charge in [-0.25, -0.2) is 4.98 Å². The average Bonchev–Trinajstić information content (AvgIpc) is 3.01. The van der Waals surface area contributed by atoms with E-state index >= 15 is 0 Å². The summed E-state index contributed by atoms with van der Waals surface area (Å²) in [5.74, 6) is 0.925. The number of ether oxygens (including phenoxy) is 2. The van der Waals surface area contributed by atoms with Crippen molar-refractivity contribution >= 4 is 46.1 Å². The number of aryl methyl sites for hydroxylation is 1. The van der Waals surface area contributed by atoms with Crippen LogP contribution < -0.4 is 20.3 Å². The third kappa shape index (κ3) is 6.88. The van der Waals surface area contributed by atoms with Crippen molar-refractivity contribution in [2.45, 2.75) is 26.8 Å². The fourth-order valence-electron chi connectivity index (χ4n) is 5.08. The monoisotopic (exact) mass is 627 g/mol. The molecule has 1 aliphatic heterocycles. The van der Waals surface area contributed by atoms with Gasteiger partial charge in [-0.1, -0.05) is 43.1 Å². The number of hydrogen-bond donors (Lipinski definition) is 1. The van der Waals surface area contributed by atoms with Crippen molar-refractivity contribution in [2.24, 2.45) is 5.92 Å². The molecule has 2 aromatic heterocycles. The van der Waals surface area contributed by atoms with Gasteiger partial charge in [0.2, 0.25) is 5.95 Å². The Labute approximate surface area is 260 Å². The molecule has 0 saturated carbocycles.